The van der Waals surface area contributed by atoms with Crippen molar-refractivity contribution in [2.75, 3.05) is 10.2 Å². The van der Waals surface area contributed by atoms with E-state index in [2.05, 4.69) is 5.32 Å². The average molecular weight is 386 g/mol. The van der Waals surface area contributed by atoms with Crippen molar-refractivity contribution in [3.8, 4) is 5.75 Å². The van der Waals surface area contributed by atoms with Gasteiger partial charge < -0.3 is 10.4 Å². The third-order valence-corrected chi connectivity index (χ3v) is 4.63. The summed E-state index contributed by atoms with van der Waals surface area (Å²) in [6, 6.07) is 8.03. The number of hydrogen-bond donors (Lipinski definition) is 2. The molecule has 1 unspecified atom stereocenters. The molecular formula is C16H11Cl3N2O3. The summed E-state index contributed by atoms with van der Waals surface area (Å²) in [7, 11) is 0. The van der Waals surface area contributed by atoms with Crippen molar-refractivity contribution < 1.29 is 14.7 Å². The molecule has 0 spiro atoms. The molecular weight excluding hydrogens is 375 g/mol. The Morgan fingerprint density at radius 1 is 1.00 bits per heavy atom. The van der Waals surface area contributed by atoms with E-state index in [-0.39, 0.29) is 23.1 Å². The van der Waals surface area contributed by atoms with Gasteiger partial charge >= 0.3 is 0 Å². The first-order chi connectivity index (χ1) is 11.4. The predicted octanol–water partition coefficient (Wildman–Crippen LogP) is 4.10. The molecule has 0 saturated carbocycles. The Hall–Kier alpha value is -1.95. The monoisotopic (exact) mass is 384 g/mol. The maximum absolute atomic E-state index is 12.5. The van der Waals surface area contributed by atoms with E-state index in [0.717, 1.165) is 4.90 Å². The number of imide groups is 1. The number of nitrogens with zero attached hydrogens (tertiary/aromatic N) is 1. The zero-order chi connectivity index (χ0) is 17.4. The number of rotatable bonds is 3. The Balaban J connectivity index is 1.84. The molecule has 1 fully saturated rings. The van der Waals surface area contributed by atoms with Crippen LogP contribution in [0.25, 0.3) is 0 Å². The summed E-state index contributed by atoms with van der Waals surface area (Å²) in [5.41, 5.74) is 0.817. The van der Waals surface area contributed by atoms with Crippen LogP contribution in [0.4, 0.5) is 11.4 Å². The first kappa shape index (κ1) is 16.9. The largest absolute Gasteiger partial charge is 0.508 e. The first-order valence-corrected chi connectivity index (χ1v) is 8.07. The Bertz CT molecular complexity index is 824. The van der Waals surface area contributed by atoms with Crippen LogP contribution in [0, 0.1) is 0 Å². The van der Waals surface area contributed by atoms with Crippen LogP contribution in [0.5, 0.6) is 5.75 Å². The van der Waals surface area contributed by atoms with Crippen molar-refractivity contribution in [2.24, 2.45) is 0 Å². The molecule has 1 aliphatic rings. The molecule has 2 amide bonds. The van der Waals surface area contributed by atoms with Crippen molar-refractivity contribution in [3.05, 3.63) is 51.5 Å². The molecule has 8 heteroatoms. The molecule has 0 bridgehead atoms. The quantitative estimate of drug-likeness (QED) is 0.616. The summed E-state index contributed by atoms with van der Waals surface area (Å²) >= 11 is 17.9. The van der Waals surface area contributed by atoms with Crippen LogP contribution in [-0.2, 0) is 9.59 Å². The van der Waals surface area contributed by atoms with E-state index in [1.54, 1.807) is 0 Å². The topological polar surface area (TPSA) is 69.6 Å². The zero-order valence-corrected chi connectivity index (χ0v) is 14.4. The molecule has 0 radical (unpaired) electrons. The molecule has 0 aliphatic carbocycles. The SMILES string of the molecule is O=C1CC(Nc2cc(Cl)c(Cl)cc2Cl)C(=O)N1c1ccc(O)cc1. The van der Waals surface area contributed by atoms with Crippen LogP contribution >= 0.6 is 34.8 Å². The van der Waals surface area contributed by atoms with E-state index in [9.17, 15) is 14.7 Å². The minimum Gasteiger partial charge on any atom is -0.508 e. The molecule has 1 atom stereocenters. The second-order valence-electron chi connectivity index (χ2n) is 5.23. The number of hydrogen-bond acceptors (Lipinski definition) is 4. The van der Waals surface area contributed by atoms with Crippen LogP contribution in [0.15, 0.2) is 36.4 Å². The van der Waals surface area contributed by atoms with Gasteiger partial charge in [0.2, 0.25) is 5.91 Å². The molecule has 1 heterocycles. The third-order valence-electron chi connectivity index (χ3n) is 3.59. The summed E-state index contributed by atoms with van der Waals surface area (Å²) in [5.74, 6) is -0.706. The molecule has 24 heavy (non-hydrogen) atoms. The highest BCUT2D eigenvalue weighted by molar-refractivity contribution is 6.44. The maximum atomic E-state index is 12.5. The van der Waals surface area contributed by atoms with E-state index in [4.69, 9.17) is 34.8 Å². The Morgan fingerprint density at radius 2 is 1.62 bits per heavy atom. The fourth-order valence-electron chi connectivity index (χ4n) is 2.44. The van der Waals surface area contributed by atoms with Gasteiger partial charge in [-0.1, -0.05) is 34.8 Å². The normalized spacial score (nSPS) is 17.5. The van der Waals surface area contributed by atoms with E-state index < -0.39 is 11.9 Å². The first-order valence-electron chi connectivity index (χ1n) is 6.93. The number of carbonyl (C=O) groups excluding carboxylic acids is 2. The van der Waals surface area contributed by atoms with Crippen LogP contribution in [0.1, 0.15) is 6.42 Å². The van der Waals surface area contributed by atoms with Crippen molar-refractivity contribution in [3.63, 3.8) is 0 Å². The van der Waals surface area contributed by atoms with Gasteiger partial charge in [-0.2, -0.15) is 0 Å². The number of phenolic OH excluding ortho intramolecular Hbond substituents is 1. The number of benzene rings is 2. The second kappa shape index (κ2) is 6.51. The molecule has 1 saturated heterocycles. The molecule has 124 valence electrons. The fourth-order valence-corrected chi connectivity index (χ4v) is 3.04. The number of phenols is 1. The summed E-state index contributed by atoms with van der Waals surface area (Å²) in [4.78, 5) is 25.8. The third kappa shape index (κ3) is 3.15. The minimum absolute atomic E-state index is 0.0176. The lowest BCUT2D eigenvalue weighted by Gasteiger charge is -2.17. The predicted molar refractivity (Wildman–Crippen MR) is 94.1 cm³/mol. The molecule has 2 N–H and O–H groups in total. The smallest absolute Gasteiger partial charge is 0.256 e. The lowest BCUT2D eigenvalue weighted by molar-refractivity contribution is -0.121. The summed E-state index contributed by atoms with van der Waals surface area (Å²) in [6.07, 6.45) is -0.0176. The average Bonchev–Trinajstić information content (AvgIpc) is 2.80. The highest BCUT2D eigenvalue weighted by Gasteiger charge is 2.39. The van der Waals surface area contributed by atoms with E-state index in [1.807, 2.05) is 0 Å². The number of halogens is 3. The Kier molecular flexibility index (Phi) is 4.58. The van der Waals surface area contributed by atoms with Gasteiger partial charge in [-0.05, 0) is 36.4 Å². The number of carbonyl (C=O) groups is 2. The highest BCUT2D eigenvalue weighted by Crippen LogP contribution is 2.34. The van der Waals surface area contributed by atoms with Gasteiger partial charge in [-0.25, -0.2) is 4.90 Å². The number of amides is 2. The highest BCUT2D eigenvalue weighted by atomic mass is 35.5. The van der Waals surface area contributed by atoms with Crippen LogP contribution < -0.4 is 10.2 Å². The fraction of sp³-hybridized carbons (Fsp3) is 0.125. The number of anilines is 2. The van der Waals surface area contributed by atoms with E-state index in [1.165, 1.54) is 36.4 Å². The lowest BCUT2D eigenvalue weighted by atomic mass is 10.2. The van der Waals surface area contributed by atoms with Gasteiger partial charge in [0.05, 0.1) is 32.9 Å². The van der Waals surface area contributed by atoms with Crippen LogP contribution in [0.3, 0.4) is 0 Å². The Labute approximate surface area is 152 Å². The summed E-state index contributed by atoms with van der Waals surface area (Å²) in [5, 5.41) is 13.1. The molecule has 2 aromatic rings. The van der Waals surface area contributed by atoms with E-state index >= 15 is 0 Å². The second-order valence-corrected chi connectivity index (χ2v) is 6.45. The number of nitrogens with one attached hydrogen (secondary N) is 1. The molecule has 2 aromatic carbocycles. The standard InChI is InChI=1S/C16H11Cl3N2O3/c17-10-5-12(19)13(6-11(10)18)20-14-7-15(23)21(16(14)24)8-1-3-9(22)4-2-8/h1-6,14,20,22H,7H2. The van der Waals surface area contributed by atoms with Crippen molar-refractivity contribution in [2.45, 2.75) is 12.5 Å². The van der Waals surface area contributed by atoms with Gasteiger partial charge in [0.25, 0.3) is 5.91 Å². The van der Waals surface area contributed by atoms with Crippen molar-refractivity contribution >= 4 is 58.0 Å². The van der Waals surface area contributed by atoms with Gasteiger partial charge in [0.15, 0.2) is 0 Å². The maximum Gasteiger partial charge on any atom is 0.256 e. The lowest BCUT2D eigenvalue weighted by Crippen LogP contribution is -2.34. The summed E-state index contributed by atoms with van der Waals surface area (Å²) in [6.45, 7) is 0. The van der Waals surface area contributed by atoms with Gasteiger partial charge in [0, 0.05) is 0 Å². The molecule has 1 aliphatic heterocycles. The summed E-state index contributed by atoms with van der Waals surface area (Å²) < 4.78 is 0. The molecule has 3 rings (SSSR count). The van der Waals surface area contributed by atoms with Crippen LogP contribution in [-0.4, -0.2) is 23.0 Å². The molecule has 0 aromatic heterocycles. The van der Waals surface area contributed by atoms with Gasteiger partial charge in [-0.15, -0.1) is 0 Å². The van der Waals surface area contributed by atoms with E-state index in [0.29, 0.717) is 21.4 Å². The minimum atomic E-state index is -0.763. The Morgan fingerprint density at radius 3 is 2.29 bits per heavy atom. The molecule has 5 nitrogen and oxygen atoms in total. The zero-order valence-electron chi connectivity index (χ0n) is 12.1. The van der Waals surface area contributed by atoms with Crippen molar-refractivity contribution in [1.29, 1.82) is 0 Å². The van der Waals surface area contributed by atoms with Crippen molar-refractivity contribution in [1.82, 2.24) is 0 Å². The number of aromatic hydroxyl groups is 1. The van der Waals surface area contributed by atoms with Gasteiger partial charge in [0.1, 0.15) is 11.8 Å². The van der Waals surface area contributed by atoms with Gasteiger partial charge in [-0.3, -0.25) is 9.59 Å². The van der Waals surface area contributed by atoms with Crippen LogP contribution in [0.2, 0.25) is 15.1 Å².